The van der Waals surface area contributed by atoms with Crippen LogP contribution in [0.25, 0.3) is 0 Å². The number of nitriles is 1. The van der Waals surface area contributed by atoms with Crippen LogP contribution >= 0.6 is 0 Å². The molecule has 0 unspecified atom stereocenters. The molecule has 0 radical (unpaired) electrons. The average molecular weight is 203 g/mol. The lowest BCUT2D eigenvalue weighted by Crippen LogP contribution is -2.18. The van der Waals surface area contributed by atoms with E-state index in [0.29, 0.717) is 0 Å². The third-order valence-electron chi connectivity index (χ3n) is 1.24. The van der Waals surface area contributed by atoms with Crippen LogP contribution in [0.5, 0.6) is 5.75 Å². The normalized spacial score (nSPS) is 10.7. The lowest BCUT2D eigenvalue weighted by atomic mass is 10.3. The number of rotatable bonds is 1. The number of anilines is 1. The van der Waals surface area contributed by atoms with E-state index < -0.39 is 12.1 Å². The van der Waals surface area contributed by atoms with Crippen molar-refractivity contribution in [2.75, 3.05) is 5.73 Å². The quantitative estimate of drug-likeness (QED) is 0.749. The summed E-state index contributed by atoms with van der Waals surface area (Å²) in [4.78, 5) is 3.45. The van der Waals surface area contributed by atoms with Crippen LogP contribution in [0.2, 0.25) is 0 Å². The Balaban J connectivity index is 3.03. The highest BCUT2D eigenvalue weighted by atomic mass is 19.4. The van der Waals surface area contributed by atoms with Crippen LogP contribution in [0, 0.1) is 11.3 Å². The number of aromatic nitrogens is 1. The maximum absolute atomic E-state index is 11.8. The second-order valence-corrected chi connectivity index (χ2v) is 2.27. The number of pyridine rings is 1. The molecular formula is C7H4F3N3O. The van der Waals surface area contributed by atoms with Gasteiger partial charge in [0.05, 0.1) is 11.9 Å². The molecule has 14 heavy (non-hydrogen) atoms. The van der Waals surface area contributed by atoms with Gasteiger partial charge in [0.2, 0.25) is 0 Å². The van der Waals surface area contributed by atoms with Gasteiger partial charge in [-0.25, -0.2) is 4.98 Å². The molecule has 1 heterocycles. The van der Waals surface area contributed by atoms with Gasteiger partial charge in [0.15, 0.2) is 5.75 Å². The summed E-state index contributed by atoms with van der Waals surface area (Å²) in [6, 6.07) is 2.39. The molecule has 0 saturated heterocycles. The number of ether oxygens (including phenoxy) is 1. The van der Waals surface area contributed by atoms with Gasteiger partial charge in [-0.15, -0.1) is 13.2 Å². The predicted octanol–water partition coefficient (Wildman–Crippen LogP) is 1.43. The molecule has 1 rings (SSSR count). The highest BCUT2D eigenvalue weighted by Gasteiger charge is 2.32. The van der Waals surface area contributed by atoms with Crippen LogP contribution in [-0.2, 0) is 0 Å². The summed E-state index contributed by atoms with van der Waals surface area (Å²) in [6.45, 7) is 0. The van der Waals surface area contributed by atoms with Gasteiger partial charge < -0.3 is 10.5 Å². The zero-order chi connectivity index (χ0) is 10.8. The summed E-state index contributed by atoms with van der Waals surface area (Å²) in [6.07, 6.45) is -3.90. The summed E-state index contributed by atoms with van der Waals surface area (Å²) >= 11 is 0. The Morgan fingerprint density at radius 1 is 1.50 bits per heavy atom. The lowest BCUT2D eigenvalue weighted by Gasteiger charge is -2.10. The number of nitrogens with zero attached hydrogens (tertiary/aromatic N) is 2. The van der Waals surface area contributed by atoms with E-state index in [1.165, 1.54) is 0 Å². The molecule has 0 aliphatic rings. The Morgan fingerprint density at radius 2 is 2.14 bits per heavy atom. The third-order valence-corrected chi connectivity index (χ3v) is 1.24. The van der Waals surface area contributed by atoms with Gasteiger partial charge in [-0.1, -0.05) is 0 Å². The van der Waals surface area contributed by atoms with E-state index in [1.54, 1.807) is 6.07 Å². The van der Waals surface area contributed by atoms with Gasteiger partial charge in [-0.3, -0.25) is 0 Å². The lowest BCUT2D eigenvalue weighted by molar-refractivity contribution is -0.274. The smallest absolute Gasteiger partial charge is 0.403 e. The first-order valence-corrected chi connectivity index (χ1v) is 3.34. The monoisotopic (exact) mass is 203 g/mol. The van der Waals surface area contributed by atoms with Crippen molar-refractivity contribution >= 4 is 5.69 Å². The fourth-order valence-electron chi connectivity index (χ4n) is 0.722. The van der Waals surface area contributed by atoms with Gasteiger partial charge in [0.25, 0.3) is 0 Å². The first-order chi connectivity index (χ1) is 6.42. The Labute approximate surface area is 76.7 Å². The molecule has 0 spiro atoms. The number of halogens is 3. The maximum Gasteiger partial charge on any atom is 0.573 e. The van der Waals surface area contributed by atoms with Crippen molar-refractivity contribution in [1.29, 1.82) is 5.26 Å². The van der Waals surface area contributed by atoms with Crippen molar-refractivity contribution in [1.82, 2.24) is 4.98 Å². The molecule has 0 saturated carbocycles. The zero-order valence-electron chi connectivity index (χ0n) is 6.67. The minimum absolute atomic E-state index is 0.196. The SMILES string of the molecule is N#Cc1cc(OC(F)(F)F)c(N)cn1. The van der Waals surface area contributed by atoms with Crippen molar-refractivity contribution in [2.45, 2.75) is 6.36 Å². The van der Waals surface area contributed by atoms with E-state index in [0.717, 1.165) is 12.3 Å². The Kier molecular flexibility index (Phi) is 2.47. The first-order valence-electron chi connectivity index (χ1n) is 3.34. The molecule has 0 aromatic carbocycles. The van der Waals surface area contributed by atoms with E-state index in [4.69, 9.17) is 11.0 Å². The van der Waals surface area contributed by atoms with Gasteiger partial charge in [0.1, 0.15) is 11.8 Å². The Morgan fingerprint density at radius 3 is 2.64 bits per heavy atom. The largest absolute Gasteiger partial charge is 0.573 e. The standard InChI is InChI=1S/C7H4F3N3O/c8-7(9,10)14-6-1-4(2-11)13-3-5(6)12/h1,3H,12H2. The number of hydrogen-bond donors (Lipinski definition) is 1. The number of nitrogen functional groups attached to an aromatic ring is 1. The zero-order valence-corrected chi connectivity index (χ0v) is 6.67. The van der Waals surface area contributed by atoms with Crippen LogP contribution in [0.3, 0.4) is 0 Å². The van der Waals surface area contributed by atoms with E-state index in [2.05, 4.69) is 9.72 Å². The predicted molar refractivity (Wildman–Crippen MR) is 40.0 cm³/mol. The van der Waals surface area contributed by atoms with E-state index in [9.17, 15) is 13.2 Å². The van der Waals surface area contributed by atoms with Crippen LogP contribution in [-0.4, -0.2) is 11.3 Å². The second kappa shape index (κ2) is 3.41. The van der Waals surface area contributed by atoms with Crippen LogP contribution in [0.1, 0.15) is 5.69 Å². The minimum Gasteiger partial charge on any atom is -0.403 e. The molecule has 2 N–H and O–H groups in total. The molecule has 7 heteroatoms. The first kappa shape index (κ1) is 10.1. The summed E-state index contributed by atoms with van der Waals surface area (Å²) in [5.41, 5.74) is 4.68. The Bertz CT molecular complexity index is 383. The fourth-order valence-corrected chi connectivity index (χ4v) is 0.722. The van der Waals surface area contributed by atoms with Gasteiger partial charge in [0, 0.05) is 6.07 Å². The van der Waals surface area contributed by atoms with E-state index >= 15 is 0 Å². The highest BCUT2D eigenvalue weighted by molar-refractivity contribution is 5.52. The average Bonchev–Trinajstić information content (AvgIpc) is 2.06. The molecule has 1 aromatic heterocycles. The topological polar surface area (TPSA) is 71.9 Å². The van der Waals surface area contributed by atoms with E-state index in [1.807, 2.05) is 0 Å². The Hall–Kier alpha value is -1.97. The molecule has 0 amide bonds. The molecule has 0 aliphatic heterocycles. The van der Waals surface area contributed by atoms with Crippen molar-refractivity contribution in [3.63, 3.8) is 0 Å². The molecule has 4 nitrogen and oxygen atoms in total. The fraction of sp³-hybridized carbons (Fsp3) is 0.143. The number of nitrogens with two attached hydrogens (primary N) is 1. The molecular weight excluding hydrogens is 199 g/mol. The molecule has 0 aliphatic carbocycles. The van der Waals surface area contributed by atoms with Crippen molar-refractivity contribution in [3.05, 3.63) is 18.0 Å². The number of hydrogen-bond acceptors (Lipinski definition) is 4. The van der Waals surface area contributed by atoms with Crippen molar-refractivity contribution in [2.24, 2.45) is 0 Å². The second-order valence-electron chi connectivity index (χ2n) is 2.27. The molecule has 0 bridgehead atoms. The number of alkyl halides is 3. The summed E-state index contributed by atoms with van der Waals surface area (Å²) in [5, 5.41) is 8.36. The van der Waals surface area contributed by atoms with Crippen LogP contribution in [0.4, 0.5) is 18.9 Å². The van der Waals surface area contributed by atoms with Crippen molar-refractivity contribution < 1.29 is 17.9 Å². The van der Waals surface area contributed by atoms with Crippen LogP contribution < -0.4 is 10.5 Å². The summed E-state index contributed by atoms with van der Waals surface area (Å²) < 4.78 is 38.9. The van der Waals surface area contributed by atoms with Gasteiger partial charge >= 0.3 is 6.36 Å². The molecule has 74 valence electrons. The highest BCUT2D eigenvalue weighted by Crippen LogP contribution is 2.27. The van der Waals surface area contributed by atoms with Gasteiger partial charge in [-0.2, -0.15) is 5.26 Å². The van der Waals surface area contributed by atoms with Crippen molar-refractivity contribution in [3.8, 4) is 11.8 Å². The maximum atomic E-state index is 11.8. The summed E-state index contributed by atoms with van der Waals surface area (Å²) in [7, 11) is 0. The van der Waals surface area contributed by atoms with Gasteiger partial charge in [-0.05, 0) is 0 Å². The molecule has 1 aromatic rings. The molecule has 0 fully saturated rings. The summed E-state index contributed by atoms with van der Waals surface area (Å²) in [5.74, 6) is -0.621. The van der Waals surface area contributed by atoms with Crippen LogP contribution in [0.15, 0.2) is 12.3 Å². The van der Waals surface area contributed by atoms with E-state index in [-0.39, 0.29) is 11.4 Å². The third kappa shape index (κ3) is 2.52. The minimum atomic E-state index is -4.83. The molecule has 0 atom stereocenters.